The van der Waals surface area contributed by atoms with Gasteiger partial charge in [-0.3, -0.25) is 9.59 Å². The van der Waals surface area contributed by atoms with E-state index in [9.17, 15) is 19.5 Å². The van der Waals surface area contributed by atoms with E-state index in [1.54, 1.807) is 24.3 Å². The van der Waals surface area contributed by atoms with Crippen molar-refractivity contribution in [1.29, 1.82) is 0 Å². The number of rotatable bonds is 9. The molecule has 4 aromatic carbocycles. The van der Waals surface area contributed by atoms with Gasteiger partial charge in [0.2, 0.25) is 5.91 Å². The molecular weight excluding hydrogens is 556 g/mol. The van der Waals surface area contributed by atoms with Gasteiger partial charge in [-0.05, 0) is 79.1 Å². The average Bonchev–Trinajstić information content (AvgIpc) is 3.00. The SMILES string of the molecule is O=C(Cc1ccc(Oc2ccc(OC3CCCN(C(=O)c4ccccc4)C3)cc2)cc1)Nc1c(Cl)cccc1C(=O)O. The zero-order chi connectivity index (χ0) is 29.5. The molecule has 1 aliphatic heterocycles. The van der Waals surface area contributed by atoms with Crippen molar-refractivity contribution in [1.82, 2.24) is 4.90 Å². The predicted octanol–water partition coefficient (Wildman–Crippen LogP) is 6.70. The van der Waals surface area contributed by atoms with Gasteiger partial charge >= 0.3 is 5.97 Å². The number of piperidine rings is 1. The Hall–Kier alpha value is -4.82. The number of nitrogens with one attached hydrogen (secondary N) is 1. The third kappa shape index (κ3) is 7.27. The summed E-state index contributed by atoms with van der Waals surface area (Å²) in [5, 5.41) is 12.1. The van der Waals surface area contributed by atoms with Gasteiger partial charge in [-0.2, -0.15) is 0 Å². The van der Waals surface area contributed by atoms with E-state index in [4.69, 9.17) is 21.1 Å². The first kappa shape index (κ1) is 28.7. The maximum atomic E-state index is 12.8. The Kier molecular flexibility index (Phi) is 9.04. The van der Waals surface area contributed by atoms with Crippen LogP contribution in [-0.4, -0.2) is 47.0 Å². The van der Waals surface area contributed by atoms with E-state index in [-0.39, 0.29) is 40.6 Å². The summed E-state index contributed by atoms with van der Waals surface area (Å²) in [5.41, 5.74) is 1.41. The van der Waals surface area contributed by atoms with Crippen molar-refractivity contribution in [3.8, 4) is 17.2 Å². The smallest absolute Gasteiger partial charge is 0.337 e. The zero-order valence-electron chi connectivity index (χ0n) is 22.7. The Bertz CT molecular complexity index is 1560. The first-order chi connectivity index (χ1) is 20.4. The second-order valence-corrected chi connectivity index (χ2v) is 10.3. The molecule has 0 aromatic heterocycles. The molecule has 4 aromatic rings. The lowest BCUT2D eigenvalue weighted by atomic mass is 10.1. The van der Waals surface area contributed by atoms with Crippen molar-refractivity contribution in [3.05, 3.63) is 119 Å². The van der Waals surface area contributed by atoms with Crippen molar-refractivity contribution >= 4 is 35.1 Å². The van der Waals surface area contributed by atoms with E-state index in [0.29, 0.717) is 29.4 Å². The summed E-state index contributed by atoms with van der Waals surface area (Å²) in [6.07, 6.45) is 1.70. The van der Waals surface area contributed by atoms with Crippen LogP contribution in [0, 0.1) is 0 Å². The van der Waals surface area contributed by atoms with Crippen LogP contribution in [0.5, 0.6) is 17.2 Å². The number of likely N-dealkylation sites (tertiary alicyclic amines) is 1. The molecule has 9 heteroatoms. The quantitative estimate of drug-likeness (QED) is 0.227. The van der Waals surface area contributed by atoms with Gasteiger partial charge in [-0.1, -0.05) is 48.0 Å². The molecule has 0 bridgehead atoms. The molecular formula is C33H29ClN2O6. The zero-order valence-corrected chi connectivity index (χ0v) is 23.4. The highest BCUT2D eigenvalue weighted by molar-refractivity contribution is 6.34. The van der Waals surface area contributed by atoms with Crippen molar-refractivity contribution in [2.45, 2.75) is 25.4 Å². The Morgan fingerprint density at radius 2 is 1.52 bits per heavy atom. The molecule has 1 saturated heterocycles. The molecule has 2 N–H and O–H groups in total. The van der Waals surface area contributed by atoms with E-state index in [1.165, 1.54) is 18.2 Å². The van der Waals surface area contributed by atoms with Crippen LogP contribution in [-0.2, 0) is 11.2 Å². The molecule has 0 aliphatic carbocycles. The number of ether oxygens (including phenoxy) is 2. The number of anilines is 1. The fourth-order valence-corrected chi connectivity index (χ4v) is 4.99. The standard InChI is InChI=1S/C33H29ClN2O6/c34-29-10-4-9-28(33(39)40)31(29)35-30(37)20-22-11-13-24(14-12-22)41-25-15-17-26(18-16-25)42-27-8-5-19-36(21-27)32(38)23-6-2-1-3-7-23/h1-4,6-7,9-18,27H,5,8,19-21H2,(H,35,37)(H,39,40). The summed E-state index contributed by atoms with van der Waals surface area (Å²) in [6.45, 7) is 1.26. The molecule has 1 aliphatic rings. The Morgan fingerprint density at radius 1 is 0.857 bits per heavy atom. The number of carboxylic acids is 1. The summed E-state index contributed by atoms with van der Waals surface area (Å²) in [4.78, 5) is 38.7. The molecule has 1 fully saturated rings. The molecule has 8 nitrogen and oxygen atoms in total. The largest absolute Gasteiger partial charge is 0.489 e. The summed E-state index contributed by atoms with van der Waals surface area (Å²) >= 11 is 6.10. The minimum Gasteiger partial charge on any atom is -0.489 e. The van der Waals surface area contributed by atoms with E-state index in [2.05, 4.69) is 5.32 Å². The second kappa shape index (κ2) is 13.2. The summed E-state index contributed by atoms with van der Waals surface area (Å²) in [7, 11) is 0. The van der Waals surface area contributed by atoms with Gasteiger partial charge in [0.25, 0.3) is 5.91 Å². The maximum Gasteiger partial charge on any atom is 0.337 e. The van der Waals surface area contributed by atoms with Crippen molar-refractivity contribution in [2.24, 2.45) is 0 Å². The second-order valence-electron chi connectivity index (χ2n) is 9.91. The molecule has 0 saturated carbocycles. The Morgan fingerprint density at radius 3 is 2.21 bits per heavy atom. The summed E-state index contributed by atoms with van der Waals surface area (Å²) in [5.74, 6) is 0.372. The number of benzene rings is 4. The summed E-state index contributed by atoms with van der Waals surface area (Å²) in [6, 6.07) is 28.1. The predicted molar refractivity (Wildman–Crippen MR) is 160 cm³/mol. The molecule has 1 unspecified atom stereocenters. The van der Waals surface area contributed by atoms with Crippen LogP contribution in [0.4, 0.5) is 5.69 Å². The third-order valence-electron chi connectivity index (χ3n) is 6.84. The molecule has 214 valence electrons. The highest BCUT2D eigenvalue weighted by atomic mass is 35.5. The lowest BCUT2D eigenvalue weighted by Gasteiger charge is -2.33. The minimum absolute atomic E-state index is 0.0206. The van der Waals surface area contributed by atoms with E-state index in [0.717, 1.165) is 24.9 Å². The first-order valence-corrected chi connectivity index (χ1v) is 13.9. The lowest BCUT2D eigenvalue weighted by molar-refractivity contribution is -0.115. The molecule has 5 rings (SSSR count). The number of nitrogens with zero attached hydrogens (tertiary/aromatic N) is 1. The average molecular weight is 585 g/mol. The van der Waals surface area contributed by atoms with Crippen LogP contribution in [0.25, 0.3) is 0 Å². The number of hydrogen-bond acceptors (Lipinski definition) is 5. The van der Waals surface area contributed by atoms with E-state index < -0.39 is 5.97 Å². The minimum atomic E-state index is -1.18. The molecule has 0 radical (unpaired) electrons. The van der Waals surface area contributed by atoms with Crippen molar-refractivity contribution < 1.29 is 29.0 Å². The van der Waals surface area contributed by atoms with Crippen LogP contribution in [0.1, 0.15) is 39.1 Å². The molecule has 2 amide bonds. The molecule has 0 spiro atoms. The summed E-state index contributed by atoms with van der Waals surface area (Å²) < 4.78 is 12.1. The Labute approximate surface area is 248 Å². The third-order valence-corrected chi connectivity index (χ3v) is 7.16. The number of carboxylic acid groups (broad SMARTS) is 1. The van der Waals surface area contributed by atoms with Gasteiger partial charge in [0, 0.05) is 12.1 Å². The van der Waals surface area contributed by atoms with E-state index in [1.807, 2.05) is 59.5 Å². The number of hydrogen-bond donors (Lipinski definition) is 2. The van der Waals surface area contributed by atoms with Gasteiger partial charge in [0.15, 0.2) is 0 Å². The van der Waals surface area contributed by atoms with Gasteiger partial charge < -0.3 is 24.8 Å². The number of aromatic carboxylic acids is 1. The topological polar surface area (TPSA) is 105 Å². The van der Waals surface area contributed by atoms with Gasteiger partial charge in [0.05, 0.1) is 29.2 Å². The van der Waals surface area contributed by atoms with Gasteiger partial charge in [0.1, 0.15) is 23.4 Å². The van der Waals surface area contributed by atoms with Gasteiger partial charge in [-0.25, -0.2) is 4.79 Å². The van der Waals surface area contributed by atoms with E-state index >= 15 is 0 Å². The van der Waals surface area contributed by atoms with Crippen LogP contribution in [0.2, 0.25) is 5.02 Å². The van der Waals surface area contributed by atoms with Crippen LogP contribution in [0.3, 0.4) is 0 Å². The number of carbonyl (C=O) groups is 3. The number of halogens is 1. The number of carbonyl (C=O) groups excluding carboxylic acids is 2. The fraction of sp³-hybridized carbons (Fsp3) is 0.182. The molecule has 42 heavy (non-hydrogen) atoms. The highest BCUT2D eigenvalue weighted by Gasteiger charge is 2.25. The van der Waals surface area contributed by atoms with Crippen molar-refractivity contribution in [3.63, 3.8) is 0 Å². The normalized spacial score (nSPS) is 14.6. The number of para-hydroxylation sites is 1. The molecule has 1 atom stereocenters. The Balaban J connectivity index is 1.13. The lowest BCUT2D eigenvalue weighted by Crippen LogP contribution is -2.44. The number of amides is 2. The maximum absolute atomic E-state index is 12.8. The van der Waals surface area contributed by atoms with Crippen LogP contribution < -0.4 is 14.8 Å². The van der Waals surface area contributed by atoms with Crippen molar-refractivity contribution in [2.75, 3.05) is 18.4 Å². The highest BCUT2D eigenvalue weighted by Crippen LogP contribution is 2.28. The molecule has 1 heterocycles. The first-order valence-electron chi connectivity index (χ1n) is 13.6. The van der Waals surface area contributed by atoms with Gasteiger partial charge in [-0.15, -0.1) is 0 Å². The van der Waals surface area contributed by atoms with Crippen LogP contribution in [0.15, 0.2) is 97.1 Å². The fourth-order valence-electron chi connectivity index (χ4n) is 4.77. The monoisotopic (exact) mass is 584 g/mol. The van der Waals surface area contributed by atoms with Crippen LogP contribution >= 0.6 is 11.6 Å².